The third-order valence-electron chi connectivity index (χ3n) is 14.4. The number of hydrogen-bond acceptors (Lipinski definition) is 24. The van der Waals surface area contributed by atoms with Crippen LogP contribution in [-0.4, -0.2) is 241 Å². The summed E-state index contributed by atoms with van der Waals surface area (Å²) in [5.74, 6) is -3.02. The van der Waals surface area contributed by atoms with Gasteiger partial charge in [0.25, 0.3) is 0 Å². The van der Waals surface area contributed by atoms with Gasteiger partial charge in [-0.3, -0.25) is 28.8 Å². The van der Waals surface area contributed by atoms with E-state index >= 15 is 0 Å². The first-order valence-electron chi connectivity index (χ1n) is 28.6. The van der Waals surface area contributed by atoms with Gasteiger partial charge in [-0.2, -0.15) is 0 Å². The van der Waals surface area contributed by atoms with Crippen molar-refractivity contribution < 1.29 is 103 Å². The average molecular weight is 1170 g/mol. The van der Waals surface area contributed by atoms with E-state index in [0.717, 1.165) is 12.8 Å². The number of unbranched alkanes of at least 4 members (excludes halogenated alkanes) is 9. The van der Waals surface area contributed by atoms with Crippen LogP contribution in [0.25, 0.3) is 0 Å². The van der Waals surface area contributed by atoms with Crippen molar-refractivity contribution in [2.45, 2.75) is 220 Å². The minimum atomic E-state index is -1.44. The lowest BCUT2D eigenvalue weighted by Crippen LogP contribution is -2.62. The molecule has 0 aromatic heterocycles. The minimum absolute atomic E-state index is 0.00585. The fourth-order valence-electron chi connectivity index (χ4n) is 9.00. The van der Waals surface area contributed by atoms with Gasteiger partial charge in [-0.05, 0) is 51.4 Å². The second kappa shape index (κ2) is 39.6. The number of esters is 1. The van der Waals surface area contributed by atoms with Crippen LogP contribution < -0.4 is 43.8 Å². The number of rotatable bonds is 40. The van der Waals surface area contributed by atoms with E-state index in [-0.39, 0.29) is 89.2 Å². The van der Waals surface area contributed by atoms with Gasteiger partial charge in [0.2, 0.25) is 29.5 Å². The van der Waals surface area contributed by atoms with Gasteiger partial charge >= 0.3 is 5.97 Å². The molecule has 19 N–H and O–H groups in total. The Morgan fingerprint density at radius 3 is 1.35 bits per heavy atom. The highest BCUT2D eigenvalue weighted by Gasteiger charge is 2.45. The molecule has 17 atom stereocenters. The summed E-state index contributed by atoms with van der Waals surface area (Å²) >= 11 is 0. The van der Waals surface area contributed by atoms with Gasteiger partial charge in [0.05, 0.1) is 37.8 Å². The molecule has 17 unspecified atom stereocenters. The van der Waals surface area contributed by atoms with E-state index in [9.17, 15) is 69.6 Å². The number of carbonyl (C=O) groups excluding carboxylic acids is 6. The number of nitrogens with one attached hydrogen (secondary N) is 5. The molecule has 3 fully saturated rings. The Hall–Kier alpha value is -3.86. The van der Waals surface area contributed by atoms with Crippen LogP contribution in [0.2, 0.25) is 0 Å². The predicted molar refractivity (Wildman–Crippen MR) is 286 cm³/mol. The molecule has 0 saturated carbocycles. The van der Waals surface area contributed by atoms with Gasteiger partial charge in [-0.25, -0.2) is 0 Å². The lowest BCUT2D eigenvalue weighted by molar-refractivity contribution is -0.267. The summed E-state index contributed by atoms with van der Waals surface area (Å²) in [5, 5.41) is 93.6. The zero-order valence-electron chi connectivity index (χ0n) is 47.0. The van der Waals surface area contributed by atoms with Crippen molar-refractivity contribution in [3.05, 3.63) is 0 Å². The van der Waals surface area contributed by atoms with Gasteiger partial charge < -0.3 is 118 Å². The average Bonchev–Trinajstić information content (AvgIpc) is 3.47. The molecular formula is C52H96N8O21. The fourth-order valence-corrected chi connectivity index (χ4v) is 9.00. The quantitative estimate of drug-likeness (QED) is 0.0202. The Kier molecular flexibility index (Phi) is 34.9. The Labute approximate surface area is 473 Å². The molecule has 29 nitrogen and oxygen atoms in total. The summed E-state index contributed by atoms with van der Waals surface area (Å²) in [7, 11) is 1.44. The van der Waals surface area contributed by atoms with E-state index in [1.54, 1.807) is 6.92 Å². The molecule has 29 heteroatoms. The Morgan fingerprint density at radius 1 is 0.481 bits per heavy atom. The van der Waals surface area contributed by atoms with Crippen molar-refractivity contribution in [3.8, 4) is 0 Å². The SMILES string of the molecule is CNC(=O)CCC(=O)OCC1OC(OCCCCCCNC(=O)CCC(NC(=O)CCC(C)C(=O)NCCCCCCOC2OC(CO)C(O)C(O)C2N)C(=O)NCCCCCCOC2OC(CO)C(O)C(O)C2N)C(N)C(O)C1O. The zero-order valence-corrected chi connectivity index (χ0v) is 47.0. The van der Waals surface area contributed by atoms with Gasteiger partial charge in [-0.15, -0.1) is 0 Å². The summed E-state index contributed by atoms with van der Waals surface area (Å²) in [6.45, 7) is 2.05. The fraction of sp³-hybridized carbons (Fsp3) is 0.885. The highest BCUT2D eigenvalue weighted by molar-refractivity contribution is 5.88. The molecule has 0 aromatic rings. The van der Waals surface area contributed by atoms with Crippen LogP contribution >= 0.6 is 0 Å². The molecule has 0 bridgehead atoms. The number of carbonyl (C=O) groups is 6. The minimum Gasteiger partial charge on any atom is -0.463 e. The lowest BCUT2D eigenvalue weighted by Gasteiger charge is -2.40. The van der Waals surface area contributed by atoms with Crippen molar-refractivity contribution in [1.29, 1.82) is 0 Å². The van der Waals surface area contributed by atoms with Gasteiger partial charge in [0.15, 0.2) is 18.9 Å². The molecule has 3 saturated heterocycles. The molecule has 470 valence electrons. The predicted octanol–water partition coefficient (Wildman–Crippen LogP) is -4.88. The van der Waals surface area contributed by atoms with Crippen molar-refractivity contribution >= 4 is 35.5 Å². The van der Waals surface area contributed by atoms with E-state index in [1.165, 1.54) is 7.05 Å². The first kappa shape index (κ1) is 71.4. The van der Waals surface area contributed by atoms with Crippen LogP contribution in [-0.2, 0) is 61.9 Å². The first-order chi connectivity index (χ1) is 38.7. The maximum atomic E-state index is 13.5. The maximum absolute atomic E-state index is 13.5. The number of amides is 5. The number of hydrogen-bond donors (Lipinski definition) is 16. The topological polar surface area (TPSA) is 467 Å². The zero-order chi connectivity index (χ0) is 59.9. The summed E-state index contributed by atoms with van der Waals surface area (Å²) in [6.07, 6.45) is -6.45. The lowest BCUT2D eigenvalue weighted by atomic mass is 9.98. The van der Waals surface area contributed by atoms with Gasteiger partial charge in [-0.1, -0.05) is 45.4 Å². The molecule has 0 radical (unpaired) electrons. The molecule has 5 amide bonds. The van der Waals surface area contributed by atoms with Gasteiger partial charge in [0, 0.05) is 71.7 Å². The highest BCUT2D eigenvalue weighted by atomic mass is 16.7. The van der Waals surface area contributed by atoms with Crippen LogP contribution in [0.15, 0.2) is 0 Å². The largest absolute Gasteiger partial charge is 0.463 e. The molecule has 3 rings (SSSR count). The highest BCUT2D eigenvalue weighted by Crippen LogP contribution is 2.24. The van der Waals surface area contributed by atoms with E-state index in [0.29, 0.717) is 77.3 Å². The van der Waals surface area contributed by atoms with Crippen LogP contribution in [0, 0.1) is 5.92 Å². The molecule has 0 aromatic carbocycles. The molecular weight excluding hydrogens is 1070 g/mol. The van der Waals surface area contributed by atoms with Crippen LogP contribution in [0.5, 0.6) is 0 Å². The van der Waals surface area contributed by atoms with Crippen molar-refractivity contribution in [2.75, 3.05) is 66.3 Å². The standard InChI is InChI=1S/C52H96N8O21/c1-30(48(73)58-22-10-4-7-13-24-75-50-39(53)45(70)42(67)32(27-61)79-50)15-17-37(65)60-31(49(74)59-23-11-5-8-14-25-76-51-40(54)46(71)43(68)33(28-62)80-51)16-18-36(64)57-21-9-3-6-12-26-77-52-41(55)47(72)44(69)34(81-52)29-78-38(66)20-19-35(63)56-2/h30-34,39-47,50-52,61-62,67-72H,3-29,53-55H2,1-2H3,(H,56,63)(H,57,64)(H,58,73)(H,59,74)(H,60,65). The van der Waals surface area contributed by atoms with E-state index in [2.05, 4.69) is 26.6 Å². The molecule has 0 aliphatic carbocycles. The summed E-state index contributed by atoms with van der Waals surface area (Å²) in [6, 6.07) is -4.09. The van der Waals surface area contributed by atoms with Gasteiger partial charge in [0.1, 0.15) is 67.6 Å². The Bertz CT molecular complexity index is 1830. The summed E-state index contributed by atoms with van der Waals surface area (Å²) in [4.78, 5) is 75.9. The van der Waals surface area contributed by atoms with E-state index < -0.39 is 135 Å². The summed E-state index contributed by atoms with van der Waals surface area (Å²) < 4.78 is 38.8. The van der Waals surface area contributed by atoms with Crippen LogP contribution in [0.3, 0.4) is 0 Å². The molecule has 0 spiro atoms. The second-order valence-electron chi connectivity index (χ2n) is 20.9. The second-order valence-corrected chi connectivity index (χ2v) is 20.9. The van der Waals surface area contributed by atoms with E-state index in [4.69, 9.17) is 50.4 Å². The third-order valence-corrected chi connectivity index (χ3v) is 14.4. The number of nitrogens with two attached hydrogens (primary N) is 3. The molecule has 3 aliphatic rings. The molecule has 81 heavy (non-hydrogen) atoms. The van der Waals surface area contributed by atoms with E-state index in [1.807, 2.05) is 0 Å². The van der Waals surface area contributed by atoms with Crippen molar-refractivity contribution in [2.24, 2.45) is 23.1 Å². The first-order valence-corrected chi connectivity index (χ1v) is 28.6. The normalized spacial score (nSPS) is 29.2. The number of aliphatic hydroxyl groups excluding tert-OH is 8. The van der Waals surface area contributed by atoms with Crippen molar-refractivity contribution in [1.82, 2.24) is 26.6 Å². The smallest absolute Gasteiger partial charge is 0.306 e. The molecule has 3 heterocycles. The Balaban J connectivity index is 1.37. The monoisotopic (exact) mass is 1170 g/mol. The Morgan fingerprint density at radius 2 is 0.889 bits per heavy atom. The van der Waals surface area contributed by atoms with Crippen molar-refractivity contribution in [3.63, 3.8) is 0 Å². The van der Waals surface area contributed by atoms with Crippen LogP contribution in [0.4, 0.5) is 0 Å². The number of ether oxygens (including phenoxy) is 7. The maximum Gasteiger partial charge on any atom is 0.306 e. The summed E-state index contributed by atoms with van der Waals surface area (Å²) in [5.41, 5.74) is 17.9. The molecule has 3 aliphatic heterocycles. The van der Waals surface area contributed by atoms with Crippen LogP contribution in [0.1, 0.15) is 122 Å². The number of aliphatic hydroxyl groups is 8. The third kappa shape index (κ3) is 25.9.